The van der Waals surface area contributed by atoms with Crippen molar-refractivity contribution in [3.63, 3.8) is 0 Å². The molecular formula is C28H24N2O6S. The number of methoxy groups -OCH3 is 3. The molecule has 3 aromatic carbocycles. The van der Waals surface area contributed by atoms with Crippen molar-refractivity contribution in [2.24, 2.45) is 0 Å². The van der Waals surface area contributed by atoms with Crippen LogP contribution < -0.4 is 19.1 Å². The summed E-state index contributed by atoms with van der Waals surface area (Å²) in [6, 6.07) is 16.6. The molecule has 1 amide bonds. The molecule has 0 aliphatic carbocycles. The molecule has 0 saturated carbocycles. The van der Waals surface area contributed by atoms with E-state index >= 15 is 0 Å². The highest BCUT2D eigenvalue weighted by atomic mass is 32.1. The minimum Gasteiger partial charge on any atom is -0.507 e. The van der Waals surface area contributed by atoms with Gasteiger partial charge in [0.15, 0.2) is 16.6 Å². The number of rotatable bonds is 6. The van der Waals surface area contributed by atoms with Crippen molar-refractivity contribution in [2.75, 3.05) is 26.2 Å². The number of Topliss-reactive ketones (excluding diaryl/α,β-unsaturated/α-hetero) is 1. The Morgan fingerprint density at radius 2 is 1.65 bits per heavy atom. The number of hydrogen-bond donors (Lipinski definition) is 1. The maximum Gasteiger partial charge on any atom is 0.301 e. The molecule has 1 aliphatic heterocycles. The molecule has 0 spiro atoms. The van der Waals surface area contributed by atoms with Crippen LogP contribution in [0, 0.1) is 6.92 Å². The van der Waals surface area contributed by atoms with E-state index in [9.17, 15) is 14.7 Å². The number of aliphatic hydroxyl groups is 1. The van der Waals surface area contributed by atoms with Crippen molar-refractivity contribution in [1.82, 2.24) is 4.98 Å². The number of aromatic nitrogens is 1. The summed E-state index contributed by atoms with van der Waals surface area (Å²) in [5, 5.41) is 11.7. The van der Waals surface area contributed by atoms with Crippen LogP contribution in [0.15, 0.2) is 66.2 Å². The average Bonchev–Trinajstić information content (AvgIpc) is 3.45. The normalized spacial score (nSPS) is 16.9. The predicted molar refractivity (Wildman–Crippen MR) is 142 cm³/mol. The van der Waals surface area contributed by atoms with Crippen LogP contribution in [0.1, 0.15) is 22.7 Å². The van der Waals surface area contributed by atoms with Crippen LogP contribution in [0.2, 0.25) is 0 Å². The molecule has 37 heavy (non-hydrogen) atoms. The Balaban J connectivity index is 1.73. The first-order valence-corrected chi connectivity index (χ1v) is 12.2. The van der Waals surface area contributed by atoms with Crippen LogP contribution in [0.3, 0.4) is 0 Å². The molecule has 1 fully saturated rings. The number of aliphatic hydroxyl groups excluding tert-OH is 1. The SMILES string of the molecule is COc1ccc(/C(O)=C2\C(=O)C(=O)N(c3nc4ccc(C)cc4s3)[C@H]2c2ccc(OC)c(OC)c2)cc1. The third-order valence-electron chi connectivity index (χ3n) is 6.27. The Labute approximate surface area is 217 Å². The third-order valence-corrected chi connectivity index (χ3v) is 7.29. The summed E-state index contributed by atoms with van der Waals surface area (Å²) in [5.74, 6) is -0.351. The number of ketones is 1. The van der Waals surface area contributed by atoms with Gasteiger partial charge in [-0.15, -0.1) is 0 Å². The van der Waals surface area contributed by atoms with Crippen molar-refractivity contribution in [1.29, 1.82) is 0 Å². The van der Waals surface area contributed by atoms with Gasteiger partial charge >= 0.3 is 5.91 Å². The van der Waals surface area contributed by atoms with E-state index in [1.54, 1.807) is 42.5 Å². The molecule has 9 heteroatoms. The number of carbonyl (C=O) groups is 2. The molecule has 1 saturated heterocycles. The van der Waals surface area contributed by atoms with E-state index in [4.69, 9.17) is 14.2 Å². The Morgan fingerprint density at radius 1 is 0.919 bits per heavy atom. The Bertz CT molecular complexity index is 1560. The van der Waals surface area contributed by atoms with Gasteiger partial charge in [-0.3, -0.25) is 14.5 Å². The number of nitrogens with zero attached hydrogens (tertiary/aromatic N) is 2. The quantitative estimate of drug-likeness (QED) is 0.212. The second-order valence-electron chi connectivity index (χ2n) is 8.48. The summed E-state index contributed by atoms with van der Waals surface area (Å²) >= 11 is 1.31. The van der Waals surface area contributed by atoms with Crippen molar-refractivity contribution in [3.8, 4) is 17.2 Å². The van der Waals surface area contributed by atoms with E-state index in [2.05, 4.69) is 4.98 Å². The summed E-state index contributed by atoms with van der Waals surface area (Å²) < 4.78 is 16.9. The fraction of sp³-hybridized carbons (Fsp3) is 0.179. The zero-order valence-corrected chi connectivity index (χ0v) is 21.5. The van der Waals surface area contributed by atoms with Gasteiger partial charge in [0.2, 0.25) is 0 Å². The second kappa shape index (κ2) is 9.59. The monoisotopic (exact) mass is 516 g/mol. The van der Waals surface area contributed by atoms with Gasteiger partial charge in [0.1, 0.15) is 11.5 Å². The van der Waals surface area contributed by atoms with Gasteiger partial charge in [-0.2, -0.15) is 0 Å². The largest absolute Gasteiger partial charge is 0.507 e. The molecule has 1 aromatic heterocycles. The molecule has 0 radical (unpaired) electrons. The number of hydrogen-bond acceptors (Lipinski definition) is 8. The fourth-order valence-electron chi connectivity index (χ4n) is 4.40. The van der Waals surface area contributed by atoms with Gasteiger partial charge in [0, 0.05) is 5.56 Å². The highest BCUT2D eigenvalue weighted by Gasteiger charge is 2.48. The number of fused-ring (bicyclic) bond motifs is 1. The Hall–Kier alpha value is -4.37. The smallest absolute Gasteiger partial charge is 0.301 e. The molecule has 1 N–H and O–H groups in total. The van der Waals surface area contributed by atoms with Crippen LogP contribution >= 0.6 is 11.3 Å². The van der Waals surface area contributed by atoms with Gasteiger partial charge in [0.25, 0.3) is 5.78 Å². The van der Waals surface area contributed by atoms with Gasteiger partial charge in [0.05, 0.1) is 43.2 Å². The number of amides is 1. The van der Waals surface area contributed by atoms with E-state index in [1.807, 2.05) is 25.1 Å². The Kier molecular flexibility index (Phi) is 6.31. The maximum absolute atomic E-state index is 13.5. The number of aryl methyl sites for hydroxylation is 1. The number of ether oxygens (including phenoxy) is 3. The molecule has 1 atom stereocenters. The van der Waals surface area contributed by atoms with Crippen molar-refractivity contribution in [3.05, 3.63) is 82.9 Å². The fourth-order valence-corrected chi connectivity index (χ4v) is 5.49. The lowest BCUT2D eigenvalue weighted by atomic mass is 9.95. The number of carbonyl (C=O) groups excluding carboxylic acids is 2. The van der Waals surface area contributed by atoms with Gasteiger partial charge in [-0.1, -0.05) is 23.5 Å². The molecule has 2 heterocycles. The Morgan fingerprint density at radius 3 is 2.32 bits per heavy atom. The predicted octanol–water partition coefficient (Wildman–Crippen LogP) is 5.26. The first-order valence-electron chi connectivity index (χ1n) is 11.4. The standard InChI is InChI=1S/C28H24N2O6S/c1-15-5-11-19-22(13-15)37-28(29-19)30-24(17-8-12-20(35-3)21(14-17)36-4)23(26(32)27(30)33)25(31)16-6-9-18(34-2)10-7-16/h5-14,24,31H,1-4H3/b25-23+/t24-/m0/s1. The summed E-state index contributed by atoms with van der Waals surface area (Å²) in [4.78, 5) is 32.9. The van der Waals surface area contributed by atoms with E-state index in [0.717, 1.165) is 10.3 Å². The summed E-state index contributed by atoms with van der Waals surface area (Å²) in [6.07, 6.45) is 0. The van der Waals surface area contributed by atoms with Gasteiger partial charge < -0.3 is 19.3 Å². The van der Waals surface area contributed by atoms with Crippen molar-refractivity contribution >= 4 is 44.1 Å². The molecule has 0 bridgehead atoms. The first kappa shape index (κ1) is 24.3. The van der Waals surface area contributed by atoms with Gasteiger partial charge in [-0.05, 0) is 66.6 Å². The molecule has 0 unspecified atom stereocenters. The van der Waals surface area contributed by atoms with Crippen molar-refractivity contribution in [2.45, 2.75) is 13.0 Å². The maximum atomic E-state index is 13.5. The first-order chi connectivity index (χ1) is 17.9. The minimum atomic E-state index is -0.941. The second-order valence-corrected chi connectivity index (χ2v) is 9.49. The number of benzene rings is 3. The minimum absolute atomic E-state index is 0.0437. The highest BCUT2D eigenvalue weighted by Crippen LogP contribution is 2.46. The molecule has 5 rings (SSSR count). The number of thiazole rings is 1. The lowest BCUT2D eigenvalue weighted by Gasteiger charge is -2.23. The van der Waals surface area contributed by atoms with Gasteiger partial charge in [-0.25, -0.2) is 4.98 Å². The van der Waals surface area contributed by atoms with E-state index in [1.165, 1.54) is 37.6 Å². The van der Waals surface area contributed by atoms with Crippen LogP contribution in [-0.4, -0.2) is 43.1 Å². The van der Waals surface area contributed by atoms with Crippen LogP contribution in [0.4, 0.5) is 5.13 Å². The summed E-state index contributed by atoms with van der Waals surface area (Å²) in [5.41, 5.74) is 2.67. The molecule has 1 aliphatic rings. The lowest BCUT2D eigenvalue weighted by Crippen LogP contribution is -2.29. The van der Waals surface area contributed by atoms with Crippen LogP contribution in [0.25, 0.3) is 16.0 Å². The van der Waals surface area contributed by atoms with E-state index in [0.29, 0.717) is 39.0 Å². The highest BCUT2D eigenvalue weighted by molar-refractivity contribution is 7.22. The zero-order valence-electron chi connectivity index (χ0n) is 20.6. The third kappa shape index (κ3) is 4.17. The van der Waals surface area contributed by atoms with E-state index < -0.39 is 17.7 Å². The summed E-state index contributed by atoms with van der Waals surface area (Å²) in [6.45, 7) is 1.98. The number of anilines is 1. The zero-order chi connectivity index (χ0) is 26.3. The topological polar surface area (TPSA) is 98.2 Å². The molecule has 8 nitrogen and oxygen atoms in total. The summed E-state index contributed by atoms with van der Waals surface area (Å²) in [7, 11) is 4.57. The van der Waals surface area contributed by atoms with E-state index in [-0.39, 0.29) is 11.3 Å². The van der Waals surface area contributed by atoms with Crippen LogP contribution in [-0.2, 0) is 9.59 Å². The molecule has 188 valence electrons. The lowest BCUT2D eigenvalue weighted by molar-refractivity contribution is -0.132. The average molecular weight is 517 g/mol. The van der Waals surface area contributed by atoms with Crippen LogP contribution in [0.5, 0.6) is 17.2 Å². The van der Waals surface area contributed by atoms with Crippen molar-refractivity contribution < 1.29 is 28.9 Å². The molecule has 4 aromatic rings. The molecular weight excluding hydrogens is 492 g/mol.